The average molecular weight is 893 g/mol. The number of aromatic nitrogens is 2. The molecule has 2 aromatic carbocycles. The number of nitrogens with one attached hydrogen (secondary N) is 3. The van der Waals surface area contributed by atoms with E-state index in [2.05, 4.69) is 31.9 Å². The van der Waals surface area contributed by atoms with Crippen LogP contribution in [0.5, 0.6) is 11.6 Å². The maximum atomic E-state index is 14.8. The van der Waals surface area contributed by atoms with Gasteiger partial charge in [0.15, 0.2) is 5.13 Å². The van der Waals surface area contributed by atoms with Crippen molar-refractivity contribution in [1.29, 1.82) is 0 Å². The number of carbonyl (C=O) groups is 3. The van der Waals surface area contributed by atoms with Crippen LogP contribution in [0.25, 0.3) is 22.0 Å². The lowest BCUT2D eigenvalue weighted by Gasteiger charge is -2.35. The van der Waals surface area contributed by atoms with Crippen molar-refractivity contribution in [3.8, 4) is 22.9 Å². The molecule has 1 aliphatic heterocycles. The Morgan fingerprint density at radius 3 is 2.48 bits per heavy atom. The maximum absolute atomic E-state index is 14.8. The maximum Gasteiger partial charge on any atom is 0.416 e. The molecule has 7 rings (SSSR count). The summed E-state index contributed by atoms with van der Waals surface area (Å²) in [6, 6.07) is 4.65. The molecular weight excluding hydrogens is 852 g/mol. The van der Waals surface area contributed by atoms with E-state index in [4.69, 9.17) is 21.1 Å². The molecule has 320 valence electrons. The van der Waals surface area contributed by atoms with Gasteiger partial charge in [-0.2, -0.15) is 13.2 Å². The highest BCUT2D eigenvalue weighted by Crippen LogP contribution is 2.46. The predicted octanol–water partition coefficient (Wildman–Crippen LogP) is 6.72. The topological polar surface area (TPSA) is 169 Å². The van der Waals surface area contributed by atoms with Gasteiger partial charge in [0.25, 0.3) is 5.91 Å². The SMILES string of the molecule is C=C[C@@H]1C[C@]1(NC(=O)[C@@H]1C[C@@H](Oc2ncc(OC)c3ccc(Cl)cc23)CN1C(=O)[C@@H](Nc1nc(-c2cc(C(F)(F)F)ccc2F)cs1)C(C)(C)C)C(=O)NS(=O)(=O)C1CC1. The highest BCUT2D eigenvalue weighted by molar-refractivity contribution is 7.91. The Hall–Kier alpha value is -5.01. The minimum Gasteiger partial charge on any atom is -0.494 e. The van der Waals surface area contributed by atoms with Crippen LogP contribution in [0.3, 0.4) is 0 Å². The molecule has 2 saturated carbocycles. The first kappa shape index (κ1) is 43.1. The first-order valence-corrected chi connectivity index (χ1v) is 21.6. The first-order valence-electron chi connectivity index (χ1n) is 18.8. The molecule has 4 aromatic rings. The lowest BCUT2D eigenvalue weighted by Crippen LogP contribution is -2.58. The van der Waals surface area contributed by atoms with Crippen LogP contribution in [0.2, 0.25) is 5.02 Å². The summed E-state index contributed by atoms with van der Waals surface area (Å²) in [6.07, 6.45) is -1.86. The van der Waals surface area contributed by atoms with E-state index in [0.29, 0.717) is 52.6 Å². The standard InChI is InChI=1S/C40H41ClF4N6O7S2/c1-6-20-16-39(20,36(54)50-60(55,56)24-9-10-24)49-33(52)30-15-23(58-34-26-14-22(41)8-11-25(26)31(57-5)17-46-34)18-51(30)35(53)32(38(2,3)4)48-37-47-29(19-59-37)27-13-21(40(43,44)45)7-12-28(27)42/h6-8,11-14,17,19-20,23-24,30,32H,1,9-10,15-16,18H2,2-5H3,(H,47,48)(H,49,52)(H,50,54)/t20-,23-,30+,32-,39-/m1/s1. The fraction of sp³-hybridized carbons (Fsp3) is 0.425. The Balaban J connectivity index is 1.20. The minimum absolute atomic E-state index is 0.0718. The zero-order chi connectivity index (χ0) is 43.5. The van der Waals surface area contributed by atoms with E-state index >= 15 is 0 Å². The Morgan fingerprint density at radius 2 is 1.85 bits per heavy atom. The van der Waals surface area contributed by atoms with E-state index in [1.807, 2.05) is 0 Å². The molecule has 1 saturated heterocycles. The summed E-state index contributed by atoms with van der Waals surface area (Å²) in [7, 11) is -2.49. The van der Waals surface area contributed by atoms with E-state index < -0.39 is 85.6 Å². The van der Waals surface area contributed by atoms with Gasteiger partial charge in [0, 0.05) is 39.1 Å². The normalized spacial score (nSPS) is 22.2. The third kappa shape index (κ3) is 8.61. The zero-order valence-corrected chi connectivity index (χ0v) is 35.1. The molecule has 5 atom stereocenters. The highest BCUT2D eigenvalue weighted by Gasteiger charge is 2.62. The lowest BCUT2D eigenvalue weighted by atomic mass is 9.85. The van der Waals surface area contributed by atoms with Crippen molar-refractivity contribution < 1.29 is 49.8 Å². The number of pyridine rings is 1. The van der Waals surface area contributed by atoms with Gasteiger partial charge in [-0.05, 0) is 61.1 Å². The molecule has 2 aliphatic carbocycles. The van der Waals surface area contributed by atoms with Gasteiger partial charge in [0.2, 0.25) is 27.7 Å². The van der Waals surface area contributed by atoms with Crippen LogP contribution in [0.1, 0.15) is 52.0 Å². The van der Waals surface area contributed by atoms with E-state index in [9.17, 15) is 40.4 Å². The molecule has 2 aromatic heterocycles. The summed E-state index contributed by atoms with van der Waals surface area (Å²) in [5.41, 5.74) is -4.07. The number of methoxy groups -OCH3 is 1. The Bertz CT molecular complexity index is 2490. The molecule has 20 heteroatoms. The van der Waals surface area contributed by atoms with Gasteiger partial charge in [0.05, 0.1) is 36.4 Å². The zero-order valence-electron chi connectivity index (χ0n) is 32.7. The highest BCUT2D eigenvalue weighted by atomic mass is 35.5. The number of alkyl halides is 3. The third-order valence-corrected chi connectivity index (χ3v) is 13.7. The fourth-order valence-corrected chi connectivity index (χ4v) is 9.55. The minimum atomic E-state index is -4.73. The monoisotopic (exact) mass is 892 g/mol. The second kappa shape index (κ2) is 15.8. The molecule has 3 amide bonds. The summed E-state index contributed by atoms with van der Waals surface area (Å²) < 4.78 is 94.8. The van der Waals surface area contributed by atoms with Crippen molar-refractivity contribution in [3.05, 3.63) is 77.0 Å². The number of nitrogens with zero attached hydrogens (tertiary/aromatic N) is 3. The van der Waals surface area contributed by atoms with Gasteiger partial charge in [-0.25, -0.2) is 22.8 Å². The van der Waals surface area contributed by atoms with Crippen molar-refractivity contribution >= 4 is 66.6 Å². The number of rotatable bonds is 13. The summed E-state index contributed by atoms with van der Waals surface area (Å²) in [4.78, 5) is 52.9. The number of hydrogen-bond acceptors (Lipinski definition) is 11. The number of hydrogen-bond donors (Lipinski definition) is 3. The largest absolute Gasteiger partial charge is 0.494 e. The van der Waals surface area contributed by atoms with Crippen LogP contribution in [-0.4, -0.2) is 83.6 Å². The van der Waals surface area contributed by atoms with Crippen LogP contribution in [0.4, 0.5) is 22.7 Å². The molecule has 0 radical (unpaired) electrons. The Morgan fingerprint density at radius 1 is 1.12 bits per heavy atom. The third-order valence-electron chi connectivity index (χ3n) is 10.8. The summed E-state index contributed by atoms with van der Waals surface area (Å²) in [5, 5.41) is 8.09. The van der Waals surface area contributed by atoms with Crippen molar-refractivity contribution in [2.24, 2.45) is 11.3 Å². The Kier molecular flexibility index (Phi) is 11.3. The predicted molar refractivity (Wildman–Crippen MR) is 216 cm³/mol. The van der Waals surface area contributed by atoms with E-state index in [-0.39, 0.29) is 41.7 Å². The molecule has 3 aliphatic rings. The number of likely N-dealkylation sites (tertiary alicyclic amines) is 1. The van der Waals surface area contributed by atoms with Crippen LogP contribution in [0, 0.1) is 17.2 Å². The molecule has 0 unspecified atom stereocenters. The van der Waals surface area contributed by atoms with Gasteiger partial charge in [-0.1, -0.05) is 38.4 Å². The van der Waals surface area contributed by atoms with Gasteiger partial charge < -0.3 is 25.0 Å². The number of amides is 3. The average Bonchev–Trinajstić information content (AvgIpc) is 4.07. The van der Waals surface area contributed by atoms with Crippen LogP contribution >= 0.6 is 22.9 Å². The van der Waals surface area contributed by atoms with Crippen molar-refractivity contribution in [2.45, 2.75) is 81.6 Å². The molecular formula is C40H41ClF4N6O7S2. The van der Waals surface area contributed by atoms with Crippen LogP contribution < -0.4 is 24.8 Å². The van der Waals surface area contributed by atoms with Crippen LogP contribution in [-0.2, 0) is 30.6 Å². The number of halogens is 5. The van der Waals surface area contributed by atoms with E-state index in [0.717, 1.165) is 11.3 Å². The molecule has 0 spiro atoms. The molecule has 0 bridgehead atoms. The number of fused-ring (bicyclic) bond motifs is 1. The van der Waals surface area contributed by atoms with Gasteiger partial charge >= 0.3 is 6.18 Å². The van der Waals surface area contributed by atoms with Crippen LogP contribution in [0.15, 0.2) is 60.6 Å². The number of sulfonamides is 1. The fourth-order valence-electron chi connectivity index (χ4n) is 7.27. The second-order valence-corrected chi connectivity index (χ2v) is 19.4. The number of ether oxygens (including phenoxy) is 2. The molecule has 3 N–H and O–H groups in total. The van der Waals surface area contributed by atoms with E-state index in [1.165, 1.54) is 29.7 Å². The van der Waals surface area contributed by atoms with Gasteiger partial charge in [-0.3, -0.25) is 19.1 Å². The molecule has 60 heavy (non-hydrogen) atoms. The lowest BCUT2D eigenvalue weighted by molar-refractivity contribution is -0.141. The van der Waals surface area contributed by atoms with Gasteiger partial charge in [0.1, 0.15) is 35.3 Å². The molecule has 13 nitrogen and oxygen atoms in total. The van der Waals surface area contributed by atoms with Crippen molar-refractivity contribution in [3.63, 3.8) is 0 Å². The number of carbonyl (C=O) groups excluding carboxylic acids is 3. The smallest absolute Gasteiger partial charge is 0.416 e. The van der Waals surface area contributed by atoms with E-state index in [1.54, 1.807) is 39.0 Å². The van der Waals surface area contributed by atoms with Crippen molar-refractivity contribution in [1.82, 2.24) is 24.9 Å². The number of benzene rings is 2. The van der Waals surface area contributed by atoms with Crippen molar-refractivity contribution in [2.75, 3.05) is 19.0 Å². The summed E-state index contributed by atoms with van der Waals surface area (Å²) in [5.74, 6) is -3.19. The number of thiazole rings is 1. The number of anilines is 1. The quantitative estimate of drug-likeness (QED) is 0.0968. The summed E-state index contributed by atoms with van der Waals surface area (Å²) in [6.45, 7) is 8.84. The molecule has 3 fully saturated rings. The second-order valence-electron chi connectivity index (χ2n) is 16.2. The Labute approximate surface area is 351 Å². The van der Waals surface area contributed by atoms with Gasteiger partial charge in [-0.15, -0.1) is 17.9 Å². The first-order chi connectivity index (χ1) is 28.1. The summed E-state index contributed by atoms with van der Waals surface area (Å²) >= 11 is 7.28. The molecule has 3 heterocycles.